The van der Waals surface area contributed by atoms with Crippen LogP contribution in [0.3, 0.4) is 0 Å². The number of rotatable bonds is 7. The number of benzene rings is 2. The normalized spacial score (nSPS) is 16.0. The quantitative estimate of drug-likeness (QED) is 0.678. The molecule has 2 amide bonds. The van der Waals surface area contributed by atoms with Crippen LogP contribution in [0.1, 0.15) is 30.6 Å². The van der Waals surface area contributed by atoms with Gasteiger partial charge in [-0.15, -0.1) is 0 Å². The predicted octanol–water partition coefficient (Wildman–Crippen LogP) is 2.91. The summed E-state index contributed by atoms with van der Waals surface area (Å²) in [4.78, 5) is 37.2. The topological polar surface area (TPSA) is 103 Å². The van der Waals surface area contributed by atoms with Crippen molar-refractivity contribution >= 4 is 28.7 Å². The Balaban J connectivity index is 1.89. The number of amides is 2. The fourth-order valence-electron chi connectivity index (χ4n) is 3.42. The van der Waals surface area contributed by atoms with Crippen molar-refractivity contribution in [2.45, 2.75) is 26.3 Å². The van der Waals surface area contributed by atoms with Crippen LogP contribution < -0.4 is 15.4 Å². The van der Waals surface area contributed by atoms with Crippen LogP contribution in [0.4, 0.5) is 4.79 Å². The number of ether oxygens (including phenoxy) is 3. The Bertz CT molecular complexity index is 1010. The number of hydrogen-bond acceptors (Lipinski definition) is 6. The molecule has 0 spiro atoms. The molecule has 1 atom stereocenters. The molecule has 158 valence electrons. The van der Waals surface area contributed by atoms with E-state index in [0.29, 0.717) is 23.1 Å². The molecule has 0 fully saturated rings. The fraction of sp³-hybridized carbons (Fsp3) is 0.318. The second kappa shape index (κ2) is 9.30. The molecule has 0 saturated carbocycles. The summed E-state index contributed by atoms with van der Waals surface area (Å²) < 4.78 is 15.9. The summed E-state index contributed by atoms with van der Waals surface area (Å²) in [6.07, 6.45) is 0.488. The lowest BCUT2D eigenvalue weighted by atomic mass is 10.0. The van der Waals surface area contributed by atoms with Crippen molar-refractivity contribution in [3.63, 3.8) is 0 Å². The van der Waals surface area contributed by atoms with Gasteiger partial charge in [0.2, 0.25) is 0 Å². The third-order valence-corrected chi connectivity index (χ3v) is 4.82. The minimum Gasteiger partial charge on any atom is -0.496 e. The zero-order valence-corrected chi connectivity index (χ0v) is 17.1. The van der Waals surface area contributed by atoms with Crippen molar-refractivity contribution in [3.05, 3.63) is 53.2 Å². The molecule has 30 heavy (non-hydrogen) atoms. The molecule has 0 aliphatic carbocycles. The van der Waals surface area contributed by atoms with E-state index in [-0.39, 0.29) is 24.5 Å². The average Bonchev–Trinajstić information content (AvgIpc) is 2.76. The maximum Gasteiger partial charge on any atom is 0.339 e. The Morgan fingerprint density at radius 2 is 1.73 bits per heavy atom. The minimum absolute atomic E-state index is 0.192. The van der Waals surface area contributed by atoms with E-state index >= 15 is 0 Å². The van der Waals surface area contributed by atoms with E-state index < -0.39 is 24.0 Å². The highest BCUT2D eigenvalue weighted by Gasteiger charge is 2.32. The Hall–Kier alpha value is -3.55. The first-order valence-electron chi connectivity index (χ1n) is 9.70. The molecule has 1 aliphatic heterocycles. The van der Waals surface area contributed by atoms with Crippen LogP contribution in [0.2, 0.25) is 0 Å². The highest BCUT2D eigenvalue weighted by Crippen LogP contribution is 2.29. The minimum atomic E-state index is -0.578. The van der Waals surface area contributed by atoms with Crippen LogP contribution in [0.15, 0.2) is 47.7 Å². The number of carbonyl (C=O) groups excluding carboxylic acids is 3. The number of esters is 2. The van der Waals surface area contributed by atoms with Crippen molar-refractivity contribution in [2.24, 2.45) is 0 Å². The van der Waals surface area contributed by atoms with Gasteiger partial charge in [-0.25, -0.2) is 14.4 Å². The summed E-state index contributed by atoms with van der Waals surface area (Å²) in [6, 6.07) is 9.67. The standard InChI is InChI=1S/C22H24N2O6/c1-4-16-19(21(26)29-5-2)17(24-22(27)23-16)12-30-20(25)15-10-11-18(28-3)14-9-7-6-8-13(14)15/h6-11,16H,4-5,12H2,1-3H3,(H2,23,24,27)/t16-/m0/s1. The maximum atomic E-state index is 12.8. The summed E-state index contributed by atoms with van der Waals surface area (Å²) in [6.45, 7) is 3.46. The fourth-order valence-corrected chi connectivity index (χ4v) is 3.42. The lowest BCUT2D eigenvalue weighted by molar-refractivity contribution is -0.139. The van der Waals surface area contributed by atoms with E-state index in [2.05, 4.69) is 10.6 Å². The average molecular weight is 412 g/mol. The Morgan fingerprint density at radius 1 is 1.00 bits per heavy atom. The lowest BCUT2D eigenvalue weighted by Gasteiger charge is -2.28. The van der Waals surface area contributed by atoms with Crippen LogP contribution in [-0.4, -0.2) is 44.3 Å². The molecule has 8 heteroatoms. The largest absolute Gasteiger partial charge is 0.496 e. The summed E-state index contributed by atoms with van der Waals surface area (Å²) >= 11 is 0. The molecule has 1 heterocycles. The number of carbonyl (C=O) groups is 3. The molecule has 2 aromatic rings. The zero-order chi connectivity index (χ0) is 21.7. The number of hydrogen-bond donors (Lipinski definition) is 2. The van der Waals surface area contributed by atoms with Crippen LogP contribution >= 0.6 is 0 Å². The van der Waals surface area contributed by atoms with Gasteiger partial charge < -0.3 is 24.8 Å². The monoisotopic (exact) mass is 412 g/mol. The second-order valence-electron chi connectivity index (χ2n) is 6.61. The van der Waals surface area contributed by atoms with Crippen molar-refractivity contribution in [3.8, 4) is 5.75 Å². The third kappa shape index (κ3) is 4.22. The van der Waals surface area contributed by atoms with E-state index in [9.17, 15) is 14.4 Å². The van der Waals surface area contributed by atoms with Gasteiger partial charge in [-0.3, -0.25) is 0 Å². The lowest BCUT2D eigenvalue weighted by Crippen LogP contribution is -2.51. The maximum absolute atomic E-state index is 12.8. The molecule has 0 radical (unpaired) electrons. The Morgan fingerprint density at radius 3 is 2.40 bits per heavy atom. The molecule has 0 saturated heterocycles. The smallest absolute Gasteiger partial charge is 0.339 e. The molecular weight excluding hydrogens is 388 g/mol. The molecule has 2 N–H and O–H groups in total. The van der Waals surface area contributed by atoms with Gasteiger partial charge >= 0.3 is 18.0 Å². The van der Waals surface area contributed by atoms with Gasteiger partial charge in [0.25, 0.3) is 0 Å². The van der Waals surface area contributed by atoms with Gasteiger partial charge in [0.1, 0.15) is 12.4 Å². The summed E-state index contributed by atoms with van der Waals surface area (Å²) in [7, 11) is 1.56. The molecular formula is C22H24N2O6. The SMILES string of the molecule is CCOC(=O)C1=C(COC(=O)c2ccc(OC)c3ccccc23)NC(=O)N[C@H]1CC. The molecule has 0 bridgehead atoms. The molecule has 0 unspecified atom stereocenters. The van der Waals surface area contributed by atoms with Crippen LogP contribution in [0.5, 0.6) is 5.75 Å². The van der Waals surface area contributed by atoms with Gasteiger partial charge in [-0.05, 0) is 30.9 Å². The highest BCUT2D eigenvalue weighted by atomic mass is 16.5. The zero-order valence-electron chi connectivity index (χ0n) is 17.1. The number of urea groups is 1. The first kappa shape index (κ1) is 21.2. The van der Waals surface area contributed by atoms with Crippen LogP contribution in [-0.2, 0) is 14.3 Å². The van der Waals surface area contributed by atoms with Crippen molar-refractivity contribution in [1.82, 2.24) is 10.6 Å². The molecule has 1 aliphatic rings. The molecule has 0 aromatic heterocycles. The Labute approximate surface area is 174 Å². The first-order chi connectivity index (χ1) is 14.5. The van der Waals surface area contributed by atoms with Gasteiger partial charge in [0, 0.05) is 5.39 Å². The first-order valence-corrected chi connectivity index (χ1v) is 9.70. The summed E-state index contributed by atoms with van der Waals surface area (Å²) in [5, 5.41) is 6.70. The Kier molecular flexibility index (Phi) is 6.56. The predicted molar refractivity (Wildman–Crippen MR) is 110 cm³/mol. The van der Waals surface area contributed by atoms with Crippen LogP contribution in [0.25, 0.3) is 10.8 Å². The van der Waals surface area contributed by atoms with Gasteiger partial charge in [-0.1, -0.05) is 31.2 Å². The molecule has 3 rings (SSSR count). The number of fused-ring (bicyclic) bond motifs is 1. The van der Waals surface area contributed by atoms with E-state index in [1.165, 1.54) is 0 Å². The van der Waals surface area contributed by atoms with Crippen molar-refractivity contribution < 1.29 is 28.6 Å². The highest BCUT2D eigenvalue weighted by molar-refractivity contribution is 6.06. The summed E-state index contributed by atoms with van der Waals surface area (Å²) in [5.74, 6) is -0.492. The molecule has 2 aromatic carbocycles. The molecule has 8 nitrogen and oxygen atoms in total. The van der Waals surface area contributed by atoms with E-state index in [4.69, 9.17) is 14.2 Å². The van der Waals surface area contributed by atoms with E-state index in [1.807, 2.05) is 25.1 Å². The van der Waals surface area contributed by atoms with E-state index in [0.717, 1.165) is 5.39 Å². The third-order valence-electron chi connectivity index (χ3n) is 4.82. The number of nitrogens with one attached hydrogen (secondary N) is 2. The van der Waals surface area contributed by atoms with E-state index in [1.54, 1.807) is 32.2 Å². The van der Waals surface area contributed by atoms with Gasteiger partial charge in [0.15, 0.2) is 0 Å². The second-order valence-corrected chi connectivity index (χ2v) is 6.61. The van der Waals surface area contributed by atoms with Crippen molar-refractivity contribution in [2.75, 3.05) is 20.3 Å². The van der Waals surface area contributed by atoms with Gasteiger partial charge in [0.05, 0.1) is 36.6 Å². The van der Waals surface area contributed by atoms with Gasteiger partial charge in [-0.2, -0.15) is 0 Å². The number of methoxy groups -OCH3 is 1. The van der Waals surface area contributed by atoms with Crippen LogP contribution in [0, 0.1) is 0 Å². The van der Waals surface area contributed by atoms with Crippen molar-refractivity contribution in [1.29, 1.82) is 0 Å². The summed E-state index contributed by atoms with van der Waals surface area (Å²) in [5.41, 5.74) is 0.832.